The molecule has 2 nitrogen and oxygen atoms in total. The summed E-state index contributed by atoms with van der Waals surface area (Å²) < 4.78 is 5.30. The van der Waals surface area contributed by atoms with Crippen molar-refractivity contribution in [2.24, 2.45) is 5.92 Å². The second-order valence-electron chi connectivity index (χ2n) is 4.63. The van der Waals surface area contributed by atoms with Gasteiger partial charge in [-0.1, -0.05) is 6.42 Å². The molecule has 0 bridgehead atoms. The van der Waals surface area contributed by atoms with Crippen molar-refractivity contribution in [2.45, 2.75) is 33.1 Å². The first kappa shape index (κ1) is 11.2. The first-order chi connectivity index (χ1) is 7.63. The van der Waals surface area contributed by atoms with E-state index < -0.39 is 0 Å². The molecule has 1 aliphatic rings. The lowest BCUT2D eigenvalue weighted by Crippen LogP contribution is -2.22. The topological polar surface area (TPSA) is 26.3 Å². The fourth-order valence-electron chi connectivity index (χ4n) is 2.04. The van der Waals surface area contributed by atoms with Gasteiger partial charge >= 0.3 is 0 Å². The van der Waals surface area contributed by atoms with E-state index in [2.05, 4.69) is 0 Å². The van der Waals surface area contributed by atoms with Crippen molar-refractivity contribution in [2.75, 3.05) is 7.11 Å². The highest BCUT2D eigenvalue weighted by Crippen LogP contribution is 2.33. The molecule has 0 saturated heterocycles. The van der Waals surface area contributed by atoms with Gasteiger partial charge in [-0.15, -0.1) is 0 Å². The summed E-state index contributed by atoms with van der Waals surface area (Å²) in [5, 5.41) is 0. The Balaban J connectivity index is 2.37. The molecule has 0 unspecified atom stereocenters. The minimum atomic E-state index is 0.232. The van der Waals surface area contributed by atoms with E-state index in [-0.39, 0.29) is 11.7 Å². The van der Waals surface area contributed by atoms with Crippen LogP contribution < -0.4 is 4.74 Å². The molecule has 1 fully saturated rings. The molecule has 1 aliphatic carbocycles. The average molecular weight is 218 g/mol. The predicted octanol–water partition coefficient (Wildman–Crippen LogP) is 3.29. The number of Topliss-reactive ketones (excluding diaryl/α,β-unsaturated/α-hetero) is 1. The molecule has 1 aromatic rings. The van der Waals surface area contributed by atoms with Crippen LogP contribution in [-0.2, 0) is 0 Å². The Morgan fingerprint density at radius 1 is 1.25 bits per heavy atom. The highest BCUT2D eigenvalue weighted by molar-refractivity contribution is 6.01. The summed E-state index contributed by atoms with van der Waals surface area (Å²) in [5.74, 6) is 1.21. The Morgan fingerprint density at radius 3 is 2.38 bits per heavy atom. The van der Waals surface area contributed by atoms with E-state index in [0.29, 0.717) is 0 Å². The minimum Gasteiger partial charge on any atom is -0.496 e. The predicted molar refractivity (Wildman–Crippen MR) is 64.1 cm³/mol. The summed E-state index contributed by atoms with van der Waals surface area (Å²) in [6.45, 7) is 4.07. The Morgan fingerprint density at radius 2 is 1.88 bits per heavy atom. The van der Waals surface area contributed by atoms with Crippen LogP contribution in [0.2, 0.25) is 0 Å². The number of hydrogen-bond donors (Lipinski definition) is 0. The third-order valence-corrected chi connectivity index (χ3v) is 3.56. The van der Waals surface area contributed by atoms with Crippen LogP contribution in [0.15, 0.2) is 12.1 Å². The fourth-order valence-corrected chi connectivity index (χ4v) is 2.04. The van der Waals surface area contributed by atoms with Crippen LogP contribution in [0.5, 0.6) is 5.75 Å². The summed E-state index contributed by atoms with van der Waals surface area (Å²) >= 11 is 0. The number of methoxy groups -OCH3 is 1. The molecule has 2 rings (SSSR count). The number of ether oxygens (including phenoxy) is 1. The zero-order chi connectivity index (χ0) is 11.7. The molecule has 86 valence electrons. The van der Waals surface area contributed by atoms with Gasteiger partial charge in [-0.05, 0) is 49.9 Å². The first-order valence-electron chi connectivity index (χ1n) is 5.83. The Bertz CT molecular complexity index is 417. The largest absolute Gasteiger partial charge is 0.496 e. The normalized spacial score (nSPS) is 15.7. The van der Waals surface area contributed by atoms with Crippen molar-refractivity contribution >= 4 is 5.78 Å². The van der Waals surface area contributed by atoms with Gasteiger partial charge in [-0.25, -0.2) is 0 Å². The quantitative estimate of drug-likeness (QED) is 0.728. The molecule has 0 heterocycles. The van der Waals surface area contributed by atoms with Crippen LogP contribution >= 0.6 is 0 Å². The van der Waals surface area contributed by atoms with Gasteiger partial charge < -0.3 is 4.74 Å². The van der Waals surface area contributed by atoms with Crippen LogP contribution in [-0.4, -0.2) is 12.9 Å². The van der Waals surface area contributed by atoms with Crippen molar-refractivity contribution in [3.63, 3.8) is 0 Å². The molecule has 0 atom stereocenters. The maximum Gasteiger partial charge on any atom is 0.169 e. The van der Waals surface area contributed by atoms with Gasteiger partial charge in [-0.2, -0.15) is 0 Å². The van der Waals surface area contributed by atoms with Crippen molar-refractivity contribution in [3.8, 4) is 5.75 Å². The highest BCUT2D eigenvalue weighted by atomic mass is 16.5. The van der Waals surface area contributed by atoms with Crippen LogP contribution in [0.25, 0.3) is 0 Å². The van der Waals surface area contributed by atoms with E-state index >= 15 is 0 Å². The lowest BCUT2D eigenvalue weighted by atomic mass is 9.79. The lowest BCUT2D eigenvalue weighted by Gasteiger charge is -2.24. The van der Waals surface area contributed by atoms with Crippen molar-refractivity contribution in [1.82, 2.24) is 0 Å². The maximum atomic E-state index is 12.2. The van der Waals surface area contributed by atoms with Crippen LogP contribution in [0.3, 0.4) is 0 Å². The second kappa shape index (κ2) is 4.28. The number of carbonyl (C=O) groups excluding carboxylic acids is 1. The summed E-state index contributed by atoms with van der Waals surface area (Å²) in [6, 6.07) is 3.93. The van der Waals surface area contributed by atoms with Gasteiger partial charge in [0.05, 0.1) is 12.7 Å². The smallest absolute Gasteiger partial charge is 0.169 e. The Hall–Kier alpha value is -1.31. The molecule has 16 heavy (non-hydrogen) atoms. The molecule has 1 aromatic carbocycles. The van der Waals surface area contributed by atoms with Gasteiger partial charge in [0.2, 0.25) is 0 Å². The van der Waals surface area contributed by atoms with E-state index in [4.69, 9.17) is 4.74 Å². The van der Waals surface area contributed by atoms with E-state index in [1.54, 1.807) is 7.11 Å². The van der Waals surface area contributed by atoms with Gasteiger partial charge in [-0.3, -0.25) is 4.79 Å². The molecular weight excluding hydrogens is 200 g/mol. The van der Waals surface area contributed by atoms with E-state index in [0.717, 1.165) is 29.7 Å². The SMILES string of the molecule is COc1cc(C)c(C)cc1C(=O)C1CCC1. The number of rotatable bonds is 3. The molecule has 0 N–H and O–H groups in total. The standard InChI is InChI=1S/C14H18O2/c1-9-7-12(13(16-3)8-10(9)2)14(15)11-5-4-6-11/h7-8,11H,4-6H2,1-3H3. The summed E-state index contributed by atoms with van der Waals surface area (Å²) in [7, 11) is 1.63. The van der Waals surface area contributed by atoms with E-state index in [9.17, 15) is 4.79 Å². The van der Waals surface area contributed by atoms with Crippen LogP contribution in [0.4, 0.5) is 0 Å². The number of aryl methyl sites for hydroxylation is 2. The summed E-state index contributed by atoms with van der Waals surface area (Å²) in [5.41, 5.74) is 3.08. The van der Waals surface area contributed by atoms with Gasteiger partial charge in [0.1, 0.15) is 5.75 Å². The first-order valence-corrected chi connectivity index (χ1v) is 5.83. The zero-order valence-electron chi connectivity index (χ0n) is 10.2. The Kier molecular flexibility index (Phi) is 2.99. The van der Waals surface area contributed by atoms with E-state index in [1.165, 1.54) is 12.0 Å². The molecule has 0 aliphatic heterocycles. The van der Waals surface area contributed by atoms with Gasteiger partial charge in [0.15, 0.2) is 5.78 Å². The molecule has 0 spiro atoms. The van der Waals surface area contributed by atoms with E-state index in [1.807, 2.05) is 26.0 Å². The number of ketones is 1. The third-order valence-electron chi connectivity index (χ3n) is 3.56. The van der Waals surface area contributed by atoms with Crippen LogP contribution in [0, 0.1) is 19.8 Å². The third kappa shape index (κ3) is 1.84. The molecule has 2 heteroatoms. The van der Waals surface area contributed by atoms with Crippen molar-refractivity contribution in [3.05, 3.63) is 28.8 Å². The number of carbonyl (C=O) groups is 1. The molecule has 0 amide bonds. The average Bonchev–Trinajstić information content (AvgIpc) is 2.18. The number of hydrogen-bond acceptors (Lipinski definition) is 2. The maximum absolute atomic E-state index is 12.2. The van der Waals surface area contributed by atoms with Gasteiger partial charge in [0.25, 0.3) is 0 Å². The molecular formula is C14H18O2. The van der Waals surface area contributed by atoms with Crippen LogP contribution in [0.1, 0.15) is 40.7 Å². The number of benzene rings is 1. The zero-order valence-corrected chi connectivity index (χ0v) is 10.2. The highest BCUT2D eigenvalue weighted by Gasteiger charge is 2.28. The molecule has 0 radical (unpaired) electrons. The van der Waals surface area contributed by atoms with Crippen molar-refractivity contribution in [1.29, 1.82) is 0 Å². The lowest BCUT2D eigenvalue weighted by molar-refractivity contribution is 0.0852. The Labute approximate surface area is 96.6 Å². The van der Waals surface area contributed by atoms with Crippen molar-refractivity contribution < 1.29 is 9.53 Å². The molecule has 0 aromatic heterocycles. The fraction of sp³-hybridized carbons (Fsp3) is 0.500. The second-order valence-corrected chi connectivity index (χ2v) is 4.63. The van der Waals surface area contributed by atoms with Gasteiger partial charge in [0, 0.05) is 5.92 Å². The monoisotopic (exact) mass is 218 g/mol. The summed E-state index contributed by atoms with van der Waals surface area (Å²) in [4.78, 5) is 12.2. The molecule has 1 saturated carbocycles. The minimum absolute atomic E-state index is 0.232. The summed E-state index contributed by atoms with van der Waals surface area (Å²) in [6.07, 6.45) is 3.26.